The number of benzene rings is 1. The van der Waals surface area contributed by atoms with Gasteiger partial charge in [-0.1, -0.05) is 19.1 Å². The van der Waals surface area contributed by atoms with Gasteiger partial charge in [-0.2, -0.15) is 16.8 Å². The first kappa shape index (κ1) is 24.9. The van der Waals surface area contributed by atoms with Gasteiger partial charge in [0.15, 0.2) is 0 Å². The van der Waals surface area contributed by atoms with Crippen molar-refractivity contribution in [2.24, 2.45) is 5.73 Å². The van der Waals surface area contributed by atoms with Crippen LogP contribution in [0.2, 0.25) is 0 Å². The molecule has 1 aliphatic heterocycles. The fourth-order valence-corrected chi connectivity index (χ4v) is 2.58. The summed E-state index contributed by atoms with van der Waals surface area (Å²) in [5.41, 5.74) is 6.88. The van der Waals surface area contributed by atoms with Crippen molar-refractivity contribution >= 4 is 20.2 Å². The van der Waals surface area contributed by atoms with E-state index in [-0.39, 0.29) is 5.82 Å². The summed E-state index contributed by atoms with van der Waals surface area (Å²) in [6.07, 6.45) is 4.63. The van der Waals surface area contributed by atoms with Crippen LogP contribution in [-0.4, -0.2) is 56.4 Å². The lowest BCUT2D eigenvalue weighted by atomic mass is 9.89. The van der Waals surface area contributed by atoms with Crippen LogP contribution in [0.15, 0.2) is 24.3 Å². The number of nitrogens with zero attached hydrogens (tertiary/aromatic N) is 1. The first-order valence-electron chi connectivity index (χ1n) is 7.81. The third kappa shape index (κ3) is 11.5. The molecule has 4 N–H and O–H groups in total. The molecule has 1 unspecified atom stereocenters. The number of hydrogen-bond acceptors (Lipinski definition) is 6. The van der Waals surface area contributed by atoms with E-state index in [4.69, 9.17) is 14.8 Å². The van der Waals surface area contributed by atoms with E-state index in [1.54, 1.807) is 12.1 Å². The molecule has 11 heteroatoms. The molecule has 1 aliphatic rings. The van der Waals surface area contributed by atoms with Gasteiger partial charge in [-0.05, 0) is 43.5 Å². The normalized spacial score (nSPS) is 21.0. The molecule has 0 saturated carbocycles. The molecule has 1 aromatic rings. The van der Waals surface area contributed by atoms with Gasteiger partial charge in [0, 0.05) is 6.54 Å². The van der Waals surface area contributed by atoms with Gasteiger partial charge < -0.3 is 5.73 Å². The van der Waals surface area contributed by atoms with Crippen LogP contribution in [0.3, 0.4) is 0 Å². The molecule has 0 spiro atoms. The Kier molecular flexibility index (Phi) is 9.84. The highest BCUT2D eigenvalue weighted by atomic mass is 32.2. The zero-order valence-corrected chi connectivity index (χ0v) is 16.7. The lowest BCUT2D eigenvalue weighted by Crippen LogP contribution is -2.55. The van der Waals surface area contributed by atoms with E-state index in [9.17, 15) is 21.2 Å². The maximum absolute atomic E-state index is 13.2. The molecule has 0 aliphatic carbocycles. The van der Waals surface area contributed by atoms with Crippen LogP contribution < -0.4 is 5.73 Å². The van der Waals surface area contributed by atoms with E-state index in [0.717, 1.165) is 31.5 Å². The summed E-state index contributed by atoms with van der Waals surface area (Å²) < 4.78 is 65.0. The Bertz CT molecular complexity index is 724. The predicted molar refractivity (Wildman–Crippen MR) is 98.3 cm³/mol. The lowest BCUT2D eigenvalue weighted by molar-refractivity contribution is 0.0536. The Labute approximate surface area is 154 Å². The Hall–Kier alpha value is -1.11. The van der Waals surface area contributed by atoms with E-state index in [1.807, 2.05) is 6.07 Å². The van der Waals surface area contributed by atoms with E-state index in [1.165, 1.54) is 12.5 Å². The minimum atomic E-state index is -3.67. The molecule has 0 aromatic heterocycles. The van der Waals surface area contributed by atoms with Crippen LogP contribution in [-0.2, 0) is 25.9 Å². The van der Waals surface area contributed by atoms with Crippen LogP contribution in [0.5, 0.6) is 0 Å². The lowest BCUT2D eigenvalue weighted by Gasteiger charge is -2.44. The number of rotatable bonds is 2. The van der Waals surface area contributed by atoms with Crippen LogP contribution in [0.1, 0.15) is 31.7 Å². The van der Waals surface area contributed by atoms with Crippen molar-refractivity contribution in [3.8, 4) is 0 Å². The highest BCUT2D eigenvalue weighted by molar-refractivity contribution is 7.85. The third-order valence-electron chi connectivity index (χ3n) is 3.51. The van der Waals surface area contributed by atoms with Gasteiger partial charge in [-0.3, -0.25) is 14.0 Å². The monoisotopic (exact) mass is 414 g/mol. The molecule has 0 radical (unpaired) electrons. The van der Waals surface area contributed by atoms with Gasteiger partial charge in [0.25, 0.3) is 20.2 Å². The first-order chi connectivity index (χ1) is 11.7. The molecule has 1 saturated heterocycles. The summed E-state index contributed by atoms with van der Waals surface area (Å²) in [5.74, 6) is -0.205. The molecule has 152 valence electrons. The van der Waals surface area contributed by atoms with Crippen LogP contribution >= 0.6 is 0 Å². The Morgan fingerprint density at radius 3 is 2.08 bits per heavy atom. The highest BCUT2D eigenvalue weighted by Crippen LogP contribution is 2.32. The topological polar surface area (TPSA) is 138 Å². The van der Waals surface area contributed by atoms with E-state index in [2.05, 4.69) is 11.8 Å². The standard InChI is InChI=1S/C13H19FN2.2CH4O3S/c1-2-16-9-4-3-8-13(16,15)11-6-5-7-12(14)10-11;2*1-5(2,3)4/h5-7,10H,2-4,8-9,15H2,1H3;2*1H3,(H,2,3,4). The van der Waals surface area contributed by atoms with Gasteiger partial charge >= 0.3 is 0 Å². The van der Waals surface area contributed by atoms with Gasteiger partial charge in [0.2, 0.25) is 0 Å². The largest absolute Gasteiger partial charge is 0.309 e. The first-order valence-corrected chi connectivity index (χ1v) is 11.5. The smallest absolute Gasteiger partial charge is 0.261 e. The SMILES string of the molecule is CCN1CCCCC1(N)c1cccc(F)c1.CS(=O)(=O)O.CS(=O)(=O)O. The number of hydrogen-bond donors (Lipinski definition) is 3. The molecular weight excluding hydrogens is 387 g/mol. The van der Waals surface area contributed by atoms with Crippen molar-refractivity contribution in [3.63, 3.8) is 0 Å². The zero-order chi connectivity index (χ0) is 20.6. The molecule has 1 heterocycles. The van der Waals surface area contributed by atoms with Gasteiger partial charge in [0.1, 0.15) is 5.82 Å². The van der Waals surface area contributed by atoms with Gasteiger partial charge in [-0.25, -0.2) is 4.39 Å². The Morgan fingerprint density at radius 2 is 1.65 bits per heavy atom. The average Bonchev–Trinajstić information content (AvgIpc) is 2.44. The fraction of sp³-hybridized carbons (Fsp3) is 0.600. The van der Waals surface area contributed by atoms with E-state index < -0.39 is 25.9 Å². The van der Waals surface area contributed by atoms with Crippen LogP contribution in [0, 0.1) is 5.82 Å². The minimum absolute atomic E-state index is 0.205. The highest BCUT2D eigenvalue weighted by Gasteiger charge is 2.35. The van der Waals surface area contributed by atoms with Crippen molar-refractivity contribution < 1.29 is 30.3 Å². The summed E-state index contributed by atoms with van der Waals surface area (Å²) in [6.45, 7) is 4.02. The molecule has 26 heavy (non-hydrogen) atoms. The van der Waals surface area contributed by atoms with E-state index >= 15 is 0 Å². The second kappa shape index (κ2) is 10.3. The van der Waals surface area contributed by atoms with Crippen molar-refractivity contribution in [1.29, 1.82) is 0 Å². The fourth-order valence-electron chi connectivity index (χ4n) is 2.58. The third-order valence-corrected chi connectivity index (χ3v) is 3.51. The molecule has 1 fully saturated rings. The zero-order valence-electron chi connectivity index (χ0n) is 15.1. The van der Waals surface area contributed by atoms with Crippen molar-refractivity contribution in [2.75, 3.05) is 25.6 Å². The van der Waals surface area contributed by atoms with Crippen LogP contribution in [0.25, 0.3) is 0 Å². The van der Waals surface area contributed by atoms with Crippen molar-refractivity contribution in [1.82, 2.24) is 4.90 Å². The van der Waals surface area contributed by atoms with Gasteiger partial charge in [0.05, 0.1) is 18.2 Å². The predicted octanol–water partition coefficient (Wildman–Crippen LogP) is 1.45. The summed E-state index contributed by atoms with van der Waals surface area (Å²) in [5, 5.41) is 0. The maximum atomic E-state index is 13.2. The summed E-state index contributed by atoms with van der Waals surface area (Å²) >= 11 is 0. The average molecular weight is 415 g/mol. The molecule has 2 rings (SSSR count). The van der Waals surface area contributed by atoms with E-state index in [0.29, 0.717) is 12.5 Å². The quantitative estimate of drug-likeness (QED) is 0.618. The van der Waals surface area contributed by atoms with Crippen molar-refractivity contribution in [3.05, 3.63) is 35.6 Å². The minimum Gasteiger partial charge on any atom is -0.309 e. The Balaban J connectivity index is 0.000000520. The summed E-state index contributed by atoms with van der Waals surface area (Å²) in [7, 11) is -7.33. The number of likely N-dealkylation sites (tertiary alicyclic amines) is 1. The summed E-state index contributed by atoms with van der Waals surface area (Å²) in [6, 6.07) is 6.69. The number of halogens is 1. The number of piperidine rings is 1. The van der Waals surface area contributed by atoms with Gasteiger partial charge in [-0.15, -0.1) is 0 Å². The molecule has 1 atom stereocenters. The van der Waals surface area contributed by atoms with Crippen molar-refractivity contribution in [2.45, 2.75) is 31.8 Å². The molecular formula is C15H27FN2O6S2. The number of nitrogens with two attached hydrogens (primary N) is 1. The molecule has 0 bridgehead atoms. The molecule has 1 aromatic carbocycles. The second-order valence-corrected chi connectivity index (χ2v) is 8.87. The maximum Gasteiger partial charge on any atom is 0.261 e. The molecule has 0 amide bonds. The summed E-state index contributed by atoms with van der Waals surface area (Å²) in [4.78, 5) is 2.24. The van der Waals surface area contributed by atoms with Crippen LogP contribution in [0.4, 0.5) is 4.39 Å². The molecule has 8 nitrogen and oxygen atoms in total. The second-order valence-electron chi connectivity index (χ2n) is 5.94. The Morgan fingerprint density at radius 1 is 1.15 bits per heavy atom.